The molecule has 2 aromatic rings. The van der Waals surface area contributed by atoms with Crippen LogP contribution in [0.4, 0.5) is 11.4 Å². The van der Waals surface area contributed by atoms with Crippen LogP contribution in [0.3, 0.4) is 0 Å². The summed E-state index contributed by atoms with van der Waals surface area (Å²) in [6.07, 6.45) is 2.26. The van der Waals surface area contributed by atoms with Crippen molar-refractivity contribution in [3.8, 4) is 0 Å². The smallest absolute Gasteiger partial charge is 0.230 e. The number of carbonyl (C=O) groups is 1. The van der Waals surface area contributed by atoms with E-state index in [0.717, 1.165) is 48.0 Å². The zero-order valence-corrected chi connectivity index (χ0v) is 14.7. The number of aryl methyl sites for hydroxylation is 1. The number of aromatic nitrogens is 1. The SMILES string of the molecule is Cc1nc(CC(=O)Nc2ccccc2N2CCC(CO)CC2)cs1. The summed E-state index contributed by atoms with van der Waals surface area (Å²) < 4.78 is 0. The molecule has 1 aromatic carbocycles. The van der Waals surface area contributed by atoms with Crippen LogP contribution in [0.1, 0.15) is 23.5 Å². The number of hydrogen-bond donors (Lipinski definition) is 2. The molecule has 0 aliphatic carbocycles. The van der Waals surface area contributed by atoms with Gasteiger partial charge in [0.15, 0.2) is 0 Å². The van der Waals surface area contributed by atoms with Gasteiger partial charge in [-0.15, -0.1) is 11.3 Å². The van der Waals surface area contributed by atoms with Crippen LogP contribution in [0.15, 0.2) is 29.6 Å². The highest BCUT2D eigenvalue weighted by atomic mass is 32.1. The summed E-state index contributed by atoms with van der Waals surface area (Å²) in [5.74, 6) is 0.355. The van der Waals surface area contributed by atoms with Gasteiger partial charge in [0.1, 0.15) is 0 Å². The number of aliphatic hydroxyl groups is 1. The second-order valence-electron chi connectivity index (χ2n) is 6.21. The van der Waals surface area contributed by atoms with Crippen molar-refractivity contribution in [2.24, 2.45) is 5.92 Å². The molecule has 24 heavy (non-hydrogen) atoms. The Morgan fingerprint density at radius 1 is 1.38 bits per heavy atom. The fraction of sp³-hybridized carbons (Fsp3) is 0.444. The summed E-state index contributed by atoms with van der Waals surface area (Å²) in [5.41, 5.74) is 2.71. The molecule has 1 aromatic heterocycles. The Bertz CT molecular complexity index is 693. The first-order valence-electron chi connectivity index (χ1n) is 8.31. The van der Waals surface area contributed by atoms with Crippen LogP contribution in [-0.4, -0.2) is 35.7 Å². The molecule has 128 valence electrons. The molecule has 0 radical (unpaired) electrons. The summed E-state index contributed by atoms with van der Waals surface area (Å²) in [7, 11) is 0. The largest absolute Gasteiger partial charge is 0.396 e. The van der Waals surface area contributed by atoms with E-state index in [2.05, 4.69) is 15.2 Å². The van der Waals surface area contributed by atoms with E-state index < -0.39 is 0 Å². The standard InChI is InChI=1S/C18H23N3O2S/c1-13-19-15(12-24-13)10-18(23)20-16-4-2-3-5-17(16)21-8-6-14(11-22)7-9-21/h2-5,12,14,22H,6-11H2,1H3,(H,20,23). The zero-order chi connectivity index (χ0) is 16.9. The van der Waals surface area contributed by atoms with Crippen molar-refractivity contribution in [1.29, 1.82) is 0 Å². The van der Waals surface area contributed by atoms with Crippen molar-refractivity contribution in [2.75, 3.05) is 29.9 Å². The lowest BCUT2D eigenvalue weighted by Gasteiger charge is -2.34. The first-order chi connectivity index (χ1) is 11.7. The van der Waals surface area contributed by atoms with Crippen LogP contribution >= 0.6 is 11.3 Å². The second kappa shape index (κ2) is 7.77. The number of hydrogen-bond acceptors (Lipinski definition) is 5. The summed E-state index contributed by atoms with van der Waals surface area (Å²) in [6.45, 7) is 4.02. The number of rotatable bonds is 5. The quantitative estimate of drug-likeness (QED) is 0.874. The molecule has 2 N–H and O–H groups in total. The second-order valence-corrected chi connectivity index (χ2v) is 7.28. The Morgan fingerprint density at radius 2 is 2.12 bits per heavy atom. The van der Waals surface area contributed by atoms with Crippen LogP contribution in [0.2, 0.25) is 0 Å². The molecular weight excluding hydrogens is 322 g/mol. The molecule has 1 aliphatic heterocycles. The topological polar surface area (TPSA) is 65.5 Å². The van der Waals surface area contributed by atoms with Crippen molar-refractivity contribution in [3.05, 3.63) is 40.3 Å². The van der Waals surface area contributed by atoms with Gasteiger partial charge < -0.3 is 15.3 Å². The molecule has 0 spiro atoms. The average molecular weight is 345 g/mol. The maximum Gasteiger partial charge on any atom is 0.230 e. The number of thiazole rings is 1. The highest BCUT2D eigenvalue weighted by molar-refractivity contribution is 7.09. The minimum Gasteiger partial charge on any atom is -0.396 e. The van der Waals surface area contributed by atoms with Crippen molar-refractivity contribution in [3.63, 3.8) is 0 Å². The highest BCUT2D eigenvalue weighted by Crippen LogP contribution is 2.29. The van der Waals surface area contributed by atoms with Crippen molar-refractivity contribution in [2.45, 2.75) is 26.2 Å². The lowest BCUT2D eigenvalue weighted by molar-refractivity contribution is -0.115. The summed E-state index contributed by atoms with van der Waals surface area (Å²) in [5, 5.41) is 15.2. The lowest BCUT2D eigenvalue weighted by Crippen LogP contribution is -2.35. The number of para-hydroxylation sites is 2. The van der Waals surface area contributed by atoms with Gasteiger partial charge in [-0.1, -0.05) is 12.1 Å². The molecular formula is C18H23N3O2S. The van der Waals surface area contributed by atoms with Gasteiger partial charge >= 0.3 is 0 Å². The molecule has 0 atom stereocenters. The maximum atomic E-state index is 12.3. The van der Waals surface area contributed by atoms with Gasteiger partial charge in [-0.25, -0.2) is 4.98 Å². The van der Waals surface area contributed by atoms with E-state index in [1.165, 1.54) is 0 Å². The number of amides is 1. The number of benzene rings is 1. The molecule has 5 nitrogen and oxygen atoms in total. The van der Waals surface area contributed by atoms with Gasteiger partial charge in [-0.3, -0.25) is 4.79 Å². The normalized spacial score (nSPS) is 15.5. The van der Waals surface area contributed by atoms with Crippen LogP contribution in [0.5, 0.6) is 0 Å². The van der Waals surface area contributed by atoms with E-state index >= 15 is 0 Å². The Hall–Kier alpha value is -1.92. The Labute approximate surface area is 146 Å². The van der Waals surface area contributed by atoms with Crippen molar-refractivity contribution in [1.82, 2.24) is 4.98 Å². The molecule has 1 aliphatic rings. The summed E-state index contributed by atoms with van der Waals surface area (Å²) >= 11 is 1.56. The fourth-order valence-electron chi connectivity index (χ4n) is 3.06. The first kappa shape index (κ1) is 16.9. The summed E-state index contributed by atoms with van der Waals surface area (Å²) in [4.78, 5) is 19.0. The molecule has 2 heterocycles. The van der Waals surface area contributed by atoms with Gasteiger partial charge in [0.25, 0.3) is 0 Å². The van der Waals surface area contributed by atoms with Crippen LogP contribution in [0, 0.1) is 12.8 Å². The number of aliphatic hydroxyl groups excluding tert-OH is 1. The van der Waals surface area contributed by atoms with E-state index in [1.807, 2.05) is 36.6 Å². The Balaban J connectivity index is 1.66. The molecule has 0 saturated carbocycles. The predicted molar refractivity (Wildman–Crippen MR) is 97.6 cm³/mol. The molecule has 0 bridgehead atoms. The van der Waals surface area contributed by atoms with Gasteiger partial charge in [0.2, 0.25) is 5.91 Å². The minimum absolute atomic E-state index is 0.0435. The monoisotopic (exact) mass is 345 g/mol. The van der Waals surface area contributed by atoms with E-state index in [9.17, 15) is 9.90 Å². The number of nitrogens with one attached hydrogen (secondary N) is 1. The molecule has 0 unspecified atom stereocenters. The number of nitrogens with zero attached hydrogens (tertiary/aromatic N) is 2. The van der Waals surface area contributed by atoms with Crippen molar-refractivity contribution < 1.29 is 9.90 Å². The van der Waals surface area contributed by atoms with Gasteiger partial charge in [0.05, 0.1) is 28.5 Å². The fourth-order valence-corrected chi connectivity index (χ4v) is 3.67. The van der Waals surface area contributed by atoms with E-state index in [0.29, 0.717) is 12.3 Å². The predicted octanol–water partition coefficient (Wildman–Crippen LogP) is 2.84. The van der Waals surface area contributed by atoms with Crippen LogP contribution < -0.4 is 10.2 Å². The minimum atomic E-state index is -0.0435. The number of piperidine rings is 1. The van der Waals surface area contributed by atoms with E-state index in [-0.39, 0.29) is 12.5 Å². The molecule has 3 rings (SSSR count). The third-order valence-electron chi connectivity index (χ3n) is 4.40. The number of anilines is 2. The molecule has 1 amide bonds. The Morgan fingerprint density at radius 3 is 2.79 bits per heavy atom. The molecule has 1 fully saturated rings. The average Bonchev–Trinajstić information content (AvgIpc) is 3.00. The summed E-state index contributed by atoms with van der Waals surface area (Å²) in [6, 6.07) is 7.92. The number of carbonyl (C=O) groups excluding carboxylic acids is 1. The van der Waals surface area contributed by atoms with Gasteiger partial charge in [-0.05, 0) is 37.8 Å². The van der Waals surface area contributed by atoms with Gasteiger partial charge in [0, 0.05) is 25.1 Å². The van der Waals surface area contributed by atoms with Gasteiger partial charge in [-0.2, -0.15) is 0 Å². The van der Waals surface area contributed by atoms with E-state index in [4.69, 9.17) is 0 Å². The molecule has 6 heteroatoms. The first-order valence-corrected chi connectivity index (χ1v) is 9.19. The molecule has 1 saturated heterocycles. The zero-order valence-electron chi connectivity index (χ0n) is 13.9. The van der Waals surface area contributed by atoms with Crippen molar-refractivity contribution >= 4 is 28.6 Å². The third-order valence-corrected chi connectivity index (χ3v) is 5.22. The van der Waals surface area contributed by atoms with E-state index in [1.54, 1.807) is 11.3 Å². The highest BCUT2D eigenvalue weighted by Gasteiger charge is 2.21. The third kappa shape index (κ3) is 4.13. The van der Waals surface area contributed by atoms with Crippen LogP contribution in [-0.2, 0) is 11.2 Å². The lowest BCUT2D eigenvalue weighted by atomic mass is 9.97. The van der Waals surface area contributed by atoms with Crippen LogP contribution in [0.25, 0.3) is 0 Å². The Kier molecular flexibility index (Phi) is 5.48. The maximum absolute atomic E-state index is 12.3.